The number of phenolic OH excluding ortho intramolecular Hbond substituents is 1. The van der Waals surface area contributed by atoms with Gasteiger partial charge in [-0.25, -0.2) is 0 Å². The summed E-state index contributed by atoms with van der Waals surface area (Å²) < 4.78 is 17.1. The van der Waals surface area contributed by atoms with Gasteiger partial charge in [0.15, 0.2) is 29.8 Å². The number of aliphatic hydroxyl groups excluding tert-OH is 2. The number of nitrogens with one attached hydrogen (secondary N) is 1. The number of aryl methyl sites for hydroxylation is 3. The minimum atomic E-state index is -0.783. The number of Topliss-reactive ketones (excluding diaryl/α,β-unsaturated/α-hetero) is 1. The number of benzene rings is 3. The summed E-state index contributed by atoms with van der Waals surface area (Å²) >= 11 is 0. The third-order valence-electron chi connectivity index (χ3n) is 7.21. The van der Waals surface area contributed by atoms with Crippen LogP contribution in [0.5, 0.6) is 23.0 Å². The second kappa shape index (κ2) is 15.8. The molecule has 42 heavy (non-hydrogen) atoms. The van der Waals surface area contributed by atoms with E-state index in [0.717, 1.165) is 36.1 Å². The number of ether oxygens (including phenoxy) is 3. The number of hydrogen-bond acceptors (Lipinski definition) is 8. The molecule has 0 spiro atoms. The van der Waals surface area contributed by atoms with Crippen LogP contribution in [0.15, 0.2) is 54.6 Å². The van der Waals surface area contributed by atoms with Gasteiger partial charge in [0.05, 0.1) is 18.8 Å². The second-order valence-corrected chi connectivity index (χ2v) is 10.3. The molecule has 0 amide bonds. The standard InChI is InChI=1S/C34H39NO7/c1-40-34-30-11-5-10-27-19-25(12-15-28(37)21-29(38)16-13-26(30)14-17-31(34)39)20-32(42-23-36)33(27)41-22-35-18-6-9-24-7-3-2-4-8-24/h2-4,7-8,14,17,19-20,28,35-37,39H,6,9-10,12-13,15-16,18,21-23H2,1H3. The van der Waals surface area contributed by atoms with E-state index in [1.807, 2.05) is 24.3 Å². The number of fused-ring (bicyclic) bond motifs is 3. The summed E-state index contributed by atoms with van der Waals surface area (Å²) in [6.45, 7) is 0.465. The largest absolute Gasteiger partial charge is 0.504 e. The lowest BCUT2D eigenvalue weighted by molar-refractivity contribution is -0.121. The Morgan fingerprint density at radius 3 is 2.62 bits per heavy atom. The molecule has 4 rings (SSSR count). The van der Waals surface area contributed by atoms with Crippen LogP contribution in [0.4, 0.5) is 0 Å². The normalized spacial score (nSPS) is 15.4. The van der Waals surface area contributed by atoms with Gasteiger partial charge in [-0.05, 0) is 67.5 Å². The number of rotatable bonds is 10. The molecule has 4 N–H and O–H groups in total. The zero-order valence-electron chi connectivity index (χ0n) is 24.0. The van der Waals surface area contributed by atoms with Gasteiger partial charge in [0.25, 0.3) is 0 Å². The summed E-state index contributed by atoms with van der Waals surface area (Å²) in [5, 5.41) is 33.9. The molecule has 1 unspecified atom stereocenters. The molecule has 0 heterocycles. The highest BCUT2D eigenvalue weighted by molar-refractivity contribution is 5.79. The Labute approximate surface area is 247 Å². The van der Waals surface area contributed by atoms with Crippen LogP contribution < -0.4 is 19.5 Å². The summed E-state index contributed by atoms with van der Waals surface area (Å²) in [5.74, 6) is 7.36. The highest BCUT2D eigenvalue weighted by Crippen LogP contribution is 2.35. The zero-order chi connectivity index (χ0) is 29.7. The lowest BCUT2D eigenvalue weighted by atomic mass is 9.97. The van der Waals surface area contributed by atoms with Crippen LogP contribution in [0.1, 0.15) is 53.5 Å². The molecule has 1 atom stereocenters. The molecule has 0 aliphatic heterocycles. The topological polar surface area (TPSA) is 117 Å². The summed E-state index contributed by atoms with van der Waals surface area (Å²) in [4.78, 5) is 12.6. The maximum absolute atomic E-state index is 12.6. The van der Waals surface area contributed by atoms with E-state index >= 15 is 0 Å². The average molecular weight is 574 g/mol. The van der Waals surface area contributed by atoms with Crippen LogP contribution in [-0.2, 0) is 30.5 Å². The van der Waals surface area contributed by atoms with E-state index in [1.54, 1.807) is 12.1 Å². The molecular weight excluding hydrogens is 534 g/mol. The minimum Gasteiger partial charge on any atom is -0.504 e. The zero-order valence-corrected chi connectivity index (χ0v) is 24.0. The highest BCUT2D eigenvalue weighted by Gasteiger charge is 2.18. The molecule has 1 aliphatic carbocycles. The average Bonchev–Trinajstić information content (AvgIpc) is 2.99. The van der Waals surface area contributed by atoms with Crippen molar-refractivity contribution < 1.29 is 34.3 Å². The van der Waals surface area contributed by atoms with E-state index < -0.39 is 12.9 Å². The molecule has 0 aromatic heterocycles. The lowest BCUT2D eigenvalue weighted by Crippen LogP contribution is -2.22. The first-order valence-electron chi connectivity index (χ1n) is 14.3. The van der Waals surface area contributed by atoms with Crippen LogP contribution in [0.2, 0.25) is 0 Å². The summed E-state index contributed by atoms with van der Waals surface area (Å²) in [6, 6.07) is 17.3. The summed E-state index contributed by atoms with van der Waals surface area (Å²) in [6.07, 6.45) is 3.04. The maximum atomic E-state index is 12.6. The van der Waals surface area contributed by atoms with Crippen molar-refractivity contribution in [3.05, 3.63) is 82.4 Å². The van der Waals surface area contributed by atoms with Gasteiger partial charge in [0.2, 0.25) is 0 Å². The molecule has 8 nitrogen and oxygen atoms in total. The Kier molecular flexibility index (Phi) is 11.7. The third kappa shape index (κ3) is 8.73. The van der Waals surface area contributed by atoms with E-state index in [1.165, 1.54) is 18.7 Å². The minimum absolute atomic E-state index is 0.0341. The highest BCUT2D eigenvalue weighted by atomic mass is 16.6. The number of hydrogen-bond donors (Lipinski definition) is 4. The van der Waals surface area contributed by atoms with Crippen molar-refractivity contribution in [1.29, 1.82) is 0 Å². The molecule has 1 aliphatic rings. The number of carbonyl (C=O) groups excluding carboxylic acids is 1. The number of ketones is 1. The number of aliphatic hydroxyl groups is 2. The lowest BCUT2D eigenvalue weighted by Gasteiger charge is -2.18. The fraction of sp³-hybridized carbons (Fsp3) is 0.382. The van der Waals surface area contributed by atoms with Gasteiger partial charge >= 0.3 is 0 Å². The molecule has 0 radical (unpaired) electrons. The maximum Gasteiger partial charge on any atom is 0.186 e. The Morgan fingerprint density at radius 1 is 1.00 bits per heavy atom. The van der Waals surface area contributed by atoms with Gasteiger partial charge in [-0.15, -0.1) is 0 Å². The Balaban J connectivity index is 1.59. The number of carbonyl (C=O) groups is 1. The van der Waals surface area contributed by atoms with Crippen molar-refractivity contribution in [2.45, 2.75) is 57.5 Å². The Hall–Kier alpha value is -4.03. The van der Waals surface area contributed by atoms with Crippen molar-refractivity contribution >= 4 is 5.78 Å². The quantitative estimate of drug-likeness (QED) is 0.163. The Bertz CT molecular complexity index is 1390. The third-order valence-corrected chi connectivity index (χ3v) is 7.21. The van der Waals surface area contributed by atoms with E-state index in [-0.39, 0.29) is 36.9 Å². The molecular formula is C34H39NO7. The van der Waals surface area contributed by atoms with Gasteiger partial charge in [0, 0.05) is 24.8 Å². The molecule has 222 valence electrons. The van der Waals surface area contributed by atoms with E-state index in [2.05, 4.69) is 29.3 Å². The number of methoxy groups -OCH3 is 1. The van der Waals surface area contributed by atoms with Crippen LogP contribution in [0, 0.1) is 11.8 Å². The number of aromatic hydroxyl groups is 1. The van der Waals surface area contributed by atoms with Crippen molar-refractivity contribution in [3.63, 3.8) is 0 Å². The first-order chi connectivity index (χ1) is 20.5. The molecule has 3 aromatic carbocycles. The first-order valence-corrected chi connectivity index (χ1v) is 14.3. The Morgan fingerprint density at radius 2 is 1.83 bits per heavy atom. The van der Waals surface area contributed by atoms with Crippen LogP contribution >= 0.6 is 0 Å². The SMILES string of the molecule is COc1c(O)ccc2c1C#CCc1cc(cc(OCO)c1OCNCCCc1ccccc1)CCC(O)CC(=O)CC2. The van der Waals surface area contributed by atoms with Crippen molar-refractivity contribution in [2.75, 3.05) is 27.2 Å². The monoisotopic (exact) mass is 573 g/mol. The van der Waals surface area contributed by atoms with Crippen molar-refractivity contribution in [3.8, 4) is 34.8 Å². The van der Waals surface area contributed by atoms with Gasteiger partial charge < -0.3 is 29.5 Å². The van der Waals surface area contributed by atoms with E-state index in [4.69, 9.17) is 14.2 Å². The first kappa shape index (κ1) is 30.9. The second-order valence-electron chi connectivity index (χ2n) is 10.3. The van der Waals surface area contributed by atoms with E-state index in [0.29, 0.717) is 42.7 Å². The predicted molar refractivity (Wildman–Crippen MR) is 160 cm³/mol. The van der Waals surface area contributed by atoms with Gasteiger partial charge in [-0.3, -0.25) is 10.1 Å². The molecule has 3 aromatic rings. The molecule has 0 saturated heterocycles. The van der Waals surface area contributed by atoms with Crippen LogP contribution in [-0.4, -0.2) is 54.4 Å². The fourth-order valence-electron chi connectivity index (χ4n) is 5.06. The van der Waals surface area contributed by atoms with Crippen molar-refractivity contribution in [2.24, 2.45) is 0 Å². The van der Waals surface area contributed by atoms with Crippen LogP contribution in [0.3, 0.4) is 0 Å². The smallest absolute Gasteiger partial charge is 0.186 e. The van der Waals surface area contributed by atoms with Crippen molar-refractivity contribution in [1.82, 2.24) is 5.32 Å². The fourth-order valence-corrected chi connectivity index (χ4v) is 5.06. The summed E-state index contributed by atoms with van der Waals surface area (Å²) in [5.41, 5.74) is 4.22. The van der Waals surface area contributed by atoms with Gasteiger partial charge in [-0.1, -0.05) is 54.3 Å². The van der Waals surface area contributed by atoms with Gasteiger partial charge in [-0.2, -0.15) is 0 Å². The molecule has 2 bridgehead atoms. The summed E-state index contributed by atoms with van der Waals surface area (Å²) in [7, 11) is 1.47. The molecule has 0 fully saturated rings. The number of phenols is 1. The van der Waals surface area contributed by atoms with E-state index in [9.17, 15) is 20.1 Å². The molecule has 0 saturated carbocycles. The molecule has 8 heteroatoms. The predicted octanol–water partition coefficient (Wildman–Crippen LogP) is 4.08. The van der Waals surface area contributed by atoms with Crippen LogP contribution in [0.25, 0.3) is 0 Å². The van der Waals surface area contributed by atoms with Gasteiger partial charge in [0.1, 0.15) is 12.5 Å².